The summed E-state index contributed by atoms with van der Waals surface area (Å²) >= 11 is 0. The van der Waals surface area contributed by atoms with Crippen molar-refractivity contribution >= 4 is 31.3 Å². The topological polar surface area (TPSA) is 166 Å². The highest BCUT2D eigenvalue weighted by atomic mass is 32.2. The molecule has 1 amide bonds. The van der Waals surface area contributed by atoms with Crippen molar-refractivity contribution in [2.24, 2.45) is 5.73 Å². The lowest BCUT2D eigenvalue weighted by Gasteiger charge is -2.24. The summed E-state index contributed by atoms with van der Waals surface area (Å²) in [4.78, 5) is 18.8. The zero-order chi connectivity index (χ0) is 32.2. The minimum atomic E-state index is -4.47. The van der Waals surface area contributed by atoms with Gasteiger partial charge in [0.05, 0.1) is 40.2 Å². The molecule has 0 bridgehead atoms. The molecule has 16 heteroatoms. The zero-order valence-electron chi connectivity index (χ0n) is 23.5. The molecular formula is C28H26F3N5O6S2. The Morgan fingerprint density at radius 2 is 1.68 bits per heavy atom. The number of alkyl halides is 3. The number of carbonyl (C=O) groups excluding carboxylic acids is 1. The summed E-state index contributed by atoms with van der Waals surface area (Å²) in [6.07, 6.45) is -2.02. The number of nitrogens with two attached hydrogens (primary N) is 1. The van der Waals surface area contributed by atoms with Crippen molar-refractivity contribution in [1.29, 1.82) is 0 Å². The number of rotatable bonds is 6. The van der Waals surface area contributed by atoms with Gasteiger partial charge in [0.2, 0.25) is 17.7 Å². The van der Waals surface area contributed by atoms with Crippen LogP contribution in [0.25, 0.3) is 22.7 Å². The van der Waals surface area contributed by atoms with Crippen molar-refractivity contribution in [2.75, 3.05) is 16.9 Å². The van der Waals surface area contributed by atoms with Crippen molar-refractivity contribution in [2.45, 2.75) is 42.3 Å². The number of hydrogen-bond acceptors (Lipinski definition) is 10. The van der Waals surface area contributed by atoms with E-state index in [1.54, 1.807) is 12.1 Å². The summed E-state index contributed by atoms with van der Waals surface area (Å²) in [5.74, 6) is -1.58. The number of pyridine rings is 1. The second kappa shape index (κ2) is 10.8. The first kappa shape index (κ1) is 31.3. The van der Waals surface area contributed by atoms with E-state index in [0.29, 0.717) is 16.8 Å². The van der Waals surface area contributed by atoms with Crippen LogP contribution in [0.1, 0.15) is 30.9 Å². The molecule has 0 spiro atoms. The minimum absolute atomic E-state index is 0.00520. The van der Waals surface area contributed by atoms with Crippen LogP contribution in [0.2, 0.25) is 0 Å². The maximum Gasteiger partial charge on any atom is 0.416 e. The van der Waals surface area contributed by atoms with E-state index in [-0.39, 0.29) is 34.5 Å². The number of hydrogen-bond donors (Lipinski definition) is 1. The number of benzene rings is 2. The molecular weight excluding hydrogens is 623 g/mol. The normalized spacial score (nSPS) is 17.3. The van der Waals surface area contributed by atoms with Gasteiger partial charge in [0.25, 0.3) is 0 Å². The van der Waals surface area contributed by atoms with E-state index in [9.17, 15) is 34.8 Å². The zero-order valence-corrected chi connectivity index (χ0v) is 25.2. The molecule has 0 radical (unpaired) electrons. The van der Waals surface area contributed by atoms with Crippen molar-refractivity contribution in [1.82, 2.24) is 15.2 Å². The Morgan fingerprint density at radius 3 is 2.27 bits per heavy atom. The predicted molar refractivity (Wildman–Crippen MR) is 153 cm³/mol. The minimum Gasteiger partial charge on any atom is -0.419 e. The van der Waals surface area contributed by atoms with Crippen molar-refractivity contribution in [3.63, 3.8) is 0 Å². The average Bonchev–Trinajstić information content (AvgIpc) is 3.44. The quantitative estimate of drug-likeness (QED) is 0.325. The van der Waals surface area contributed by atoms with Gasteiger partial charge in [-0.15, -0.1) is 10.2 Å². The third-order valence-electron chi connectivity index (χ3n) is 7.35. The summed E-state index contributed by atoms with van der Waals surface area (Å²) in [5, 5.41) is 7.82. The Morgan fingerprint density at radius 1 is 1.02 bits per heavy atom. The van der Waals surface area contributed by atoms with Crippen LogP contribution in [0.5, 0.6) is 0 Å². The summed E-state index contributed by atoms with van der Waals surface area (Å²) in [5.41, 5.74) is 6.73. The van der Waals surface area contributed by atoms with Gasteiger partial charge in [-0.25, -0.2) is 16.8 Å². The molecule has 232 valence electrons. The van der Waals surface area contributed by atoms with Gasteiger partial charge in [-0.05, 0) is 55.8 Å². The number of halogens is 3. The number of fused-ring (bicyclic) bond motifs is 1. The molecule has 0 saturated carbocycles. The van der Waals surface area contributed by atoms with Crippen LogP contribution in [0.15, 0.2) is 70.1 Å². The second-order valence-electron chi connectivity index (χ2n) is 10.8. The monoisotopic (exact) mass is 649 g/mol. The fourth-order valence-electron chi connectivity index (χ4n) is 4.45. The molecule has 0 unspecified atom stereocenters. The molecule has 4 aromatic rings. The van der Waals surface area contributed by atoms with Crippen LogP contribution >= 0.6 is 0 Å². The van der Waals surface area contributed by atoms with E-state index < -0.39 is 53.9 Å². The van der Waals surface area contributed by atoms with Crippen LogP contribution in [0, 0.1) is 0 Å². The van der Waals surface area contributed by atoms with Crippen LogP contribution in [0.3, 0.4) is 0 Å². The Hall–Kier alpha value is -4.15. The average molecular weight is 650 g/mol. The van der Waals surface area contributed by atoms with Gasteiger partial charge in [-0.3, -0.25) is 9.78 Å². The predicted octanol–water partition coefficient (Wildman–Crippen LogP) is 3.74. The van der Waals surface area contributed by atoms with E-state index >= 15 is 0 Å². The molecule has 1 atom stereocenters. The maximum absolute atomic E-state index is 13.4. The molecule has 0 saturated heterocycles. The first-order chi connectivity index (χ1) is 20.4. The van der Waals surface area contributed by atoms with Crippen LogP contribution in [-0.2, 0) is 41.9 Å². The molecule has 1 aliphatic heterocycles. The van der Waals surface area contributed by atoms with Gasteiger partial charge in [0, 0.05) is 23.6 Å². The Labute approximate surface area is 250 Å². The molecule has 11 nitrogen and oxygen atoms in total. The molecule has 44 heavy (non-hydrogen) atoms. The van der Waals surface area contributed by atoms with Crippen LogP contribution in [-0.4, -0.2) is 56.0 Å². The van der Waals surface area contributed by atoms with Gasteiger partial charge >= 0.3 is 6.18 Å². The highest BCUT2D eigenvalue weighted by Gasteiger charge is 2.39. The highest BCUT2D eigenvalue weighted by molar-refractivity contribution is 7.92. The van der Waals surface area contributed by atoms with Crippen molar-refractivity contribution < 1.29 is 39.2 Å². The number of anilines is 1. The first-order valence-corrected chi connectivity index (χ1v) is 16.5. The fraction of sp³-hybridized carbons (Fsp3) is 0.286. The summed E-state index contributed by atoms with van der Waals surface area (Å²) in [7, 11) is -7.65. The number of nitrogens with zero attached hydrogens (tertiary/aromatic N) is 4. The van der Waals surface area contributed by atoms with Gasteiger partial charge in [0.1, 0.15) is 4.75 Å². The molecule has 5 rings (SSSR count). The van der Waals surface area contributed by atoms with E-state index in [4.69, 9.17) is 10.2 Å². The lowest BCUT2D eigenvalue weighted by atomic mass is 10.1. The van der Waals surface area contributed by atoms with Gasteiger partial charge in [-0.2, -0.15) is 13.2 Å². The lowest BCUT2D eigenvalue weighted by molar-refractivity contribution is -0.137. The summed E-state index contributed by atoms with van der Waals surface area (Å²) in [6.45, 7) is 2.67. The Kier molecular flexibility index (Phi) is 7.66. The molecule has 0 aliphatic carbocycles. The maximum atomic E-state index is 13.4. The Bertz CT molecular complexity index is 1960. The third-order valence-corrected chi connectivity index (χ3v) is 11.2. The molecule has 2 N–H and O–H groups in total. The lowest BCUT2D eigenvalue weighted by Crippen LogP contribution is -2.45. The molecule has 2 aromatic heterocycles. The number of sulfone groups is 2. The summed E-state index contributed by atoms with van der Waals surface area (Å²) < 4.78 is 93.8. The Balaban J connectivity index is 1.51. The SMILES string of the molecule is CC(C)(c1nnc(-c2ccc3c(c2)N(Cc2ccc(-c4ccc(C(F)(F)F)cc4)nc2)C(=O)[C@@H](N)CS3(=O)=O)o1)S(C)(=O)=O. The van der Waals surface area contributed by atoms with Crippen molar-refractivity contribution in [3.05, 3.63) is 77.8 Å². The van der Waals surface area contributed by atoms with Gasteiger partial charge in [0.15, 0.2) is 19.7 Å². The number of amides is 1. The highest BCUT2D eigenvalue weighted by Crippen LogP contribution is 2.37. The fourth-order valence-corrected chi connectivity index (χ4v) is 6.40. The molecule has 2 aromatic carbocycles. The van der Waals surface area contributed by atoms with E-state index in [0.717, 1.165) is 18.4 Å². The molecule has 1 aliphatic rings. The molecule has 0 fully saturated rings. The van der Waals surface area contributed by atoms with Crippen LogP contribution in [0.4, 0.5) is 18.9 Å². The van der Waals surface area contributed by atoms with E-state index in [2.05, 4.69) is 15.2 Å². The smallest absolute Gasteiger partial charge is 0.416 e. The number of aromatic nitrogens is 3. The van der Waals surface area contributed by atoms with Gasteiger partial charge in [-0.1, -0.05) is 18.2 Å². The van der Waals surface area contributed by atoms with Crippen LogP contribution < -0.4 is 10.6 Å². The number of carbonyl (C=O) groups is 1. The van der Waals surface area contributed by atoms with Gasteiger partial charge < -0.3 is 15.1 Å². The first-order valence-electron chi connectivity index (χ1n) is 13.0. The van der Waals surface area contributed by atoms with Crippen molar-refractivity contribution in [3.8, 4) is 22.7 Å². The third kappa shape index (κ3) is 5.84. The van der Waals surface area contributed by atoms with E-state index in [1.807, 2.05) is 0 Å². The van der Waals surface area contributed by atoms with E-state index in [1.165, 1.54) is 55.3 Å². The summed E-state index contributed by atoms with van der Waals surface area (Å²) in [6, 6.07) is 10.4. The second-order valence-corrected chi connectivity index (χ2v) is 15.4. The largest absolute Gasteiger partial charge is 0.419 e. The molecule has 3 heterocycles. The standard InChI is InChI=1S/C28H26F3N5O6S2/c1-27(2,43(3,38)39)26-35-34-24(42-26)18-7-11-23-22(12-18)36(25(37)20(32)15-44(23,40)41)14-16-4-10-21(33-13-16)17-5-8-19(9-6-17)28(29,30)31/h4-13,20H,14-15,32H2,1-3H3/t20-/m0/s1.